The summed E-state index contributed by atoms with van der Waals surface area (Å²) in [5, 5.41) is 7.72. The molecule has 0 saturated carbocycles. The van der Waals surface area contributed by atoms with Gasteiger partial charge in [0, 0.05) is 0 Å². The summed E-state index contributed by atoms with van der Waals surface area (Å²) in [4.78, 5) is 23.8. The first kappa shape index (κ1) is 8.90. The molecule has 0 aliphatic heterocycles. The molecule has 0 radical (unpaired) electrons. The van der Waals surface area contributed by atoms with Gasteiger partial charge >= 0.3 is 11.9 Å². The van der Waals surface area contributed by atoms with E-state index in [4.69, 9.17) is 5.26 Å². The lowest BCUT2D eigenvalue weighted by Crippen LogP contribution is -2.06. The number of methoxy groups -OCH3 is 1. The van der Waals surface area contributed by atoms with Gasteiger partial charge in [-0.15, -0.1) is 0 Å². The summed E-state index contributed by atoms with van der Waals surface area (Å²) < 4.78 is 4.22. The van der Waals surface area contributed by atoms with E-state index >= 15 is 0 Å². The minimum Gasteiger partial charge on any atom is -0.469 e. The van der Waals surface area contributed by atoms with Crippen LogP contribution in [0.3, 0.4) is 0 Å². The largest absolute Gasteiger partial charge is 0.469 e. The van der Waals surface area contributed by atoms with E-state index in [1.165, 1.54) is 7.11 Å². The Morgan fingerprint density at radius 2 is 1.80 bits per heavy atom. The Morgan fingerprint density at radius 1 is 1.30 bits per heavy atom. The Morgan fingerprint density at radius 3 is 2.20 bits per heavy atom. The minimum atomic E-state index is -0.842. The van der Waals surface area contributed by atoms with Crippen LogP contribution in [0.5, 0.6) is 0 Å². The summed E-state index contributed by atoms with van der Waals surface area (Å²) in [5.41, 5.74) is 0. The zero-order chi connectivity index (χ0) is 7.98. The van der Waals surface area contributed by atoms with Gasteiger partial charge in [-0.3, -0.25) is 4.79 Å². The molecule has 5 nitrogen and oxygen atoms in total. The van der Waals surface area contributed by atoms with E-state index in [0.717, 1.165) is 0 Å². The zero-order valence-electron chi connectivity index (χ0n) is 5.49. The van der Waals surface area contributed by atoms with E-state index in [2.05, 4.69) is 9.62 Å². The number of carbonyl (C=O) groups is 2. The van der Waals surface area contributed by atoms with Crippen molar-refractivity contribution in [3.05, 3.63) is 0 Å². The molecule has 0 unspecified atom stereocenters. The Balaban J connectivity index is 3.35. The molecule has 5 heteroatoms. The smallest absolute Gasteiger partial charge is 0.342 e. The van der Waals surface area contributed by atoms with Crippen molar-refractivity contribution in [1.29, 1.82) is 0 Å². The molecule has 0 aliphatic carbocycles. The first-order chi connectivity index (χ1) is 4.70. The zero-order valence-corrected chi connectivity index (χ0v) is 5.49. The van der Waals surface area contributed by atoms with Crippen LogP contribution in [0.15, 0.2) is 0 Å². The quantitative estimate of drug-likeness (QED) is 0.345. The van der Waals surface area contributed by atoms with Crippen LogP contribution in [0.2, 0.25) is 0 Å². The van der Waals surface area contributed by atoms with Crippen molar-refractivity contribution in [3.8, 4) is 0 Å². The normalized spacial score (nSPS) is 8.60. The molecule has 0 amide bonds. The number of esters is 1. The summed E-state index contributed by atoms with van der Waals surface area (Å²) in [6.07, 6.45) is -0.237. The Bertz CT molecular complexity index is 114. The summed E-state index contributed by atoms with van der Waals surface area (Å²) >= 11 is 0. The Labute approximate surface area is 57.5 Å². The summed E-state index contributed by atoms with van der Waals surface area (Å²) in [6.45, 7) is 0. The van der Waals surface area contributed by atoms with E-state index < -0.39 is 11.9 Å². The lowest BCUT2D eigenvalue weighted by atomic mass is 10.3. The minimum absolute atomic E-state index is 0.0735. The number of rotatable bonds is 3. The van der Waals surface area contributed by atoms with Crippen LogP contribution >= 0.6 is 0 Å². The monoisotopic (exact) mass is 148 g/mol. The molecule has 10 heavy (non-hydrogen) atoms. The van der Waals surface area contributed by atoms with Gasteiger partial charge in [0.05, 0.1) is 20.0 Å². The second-order valence-electron chi connectivity index (χ2n) is 1.54. The standard InChI is InChI=1S/C5H8O5/c1-9-4(6)2-3-5(7)10-8/h8H,2-3H2,1H3. The topological polar surface area (TPSA) is 72.8 Å². The Hall–Kier alpha value is -1.10. The van der Waals surface area contributed by atoms with Crippen molar-refractivity contribution in [1.82, 2.24) is 0 Å². The lowest BCUT2D eigenvalue weighted by Gasteiger charge is -1.95. The maximum absolute atomic E-state index is 10.3. The third kappa shape index (κ3) is 3.85. The SMILES string of the molecule is COC(=O)CCC(=O)OO. The number of ether oxygens (including phenoxy) is 1. The van der Waals surface area contributed by atoms with Gasteiger partial charge in [-0.25, -0.2) is 4.79 Å². The van der Waals surface area contributed by atoms with Crippen LogP contribution in [-0.2, 0) is 19.2 Å². The molecule has 58 valence electrons. The maximum atomic E-state index is 10.3. The molecule has 1 N–H and O–H groups in total. The van der Waals surface area contributed by atoms with Crippen molar-refractivity contribution in [2.45, 2.75) is 12.8 Å². The molecule has 0 aromatic heterocycles. The molecule has 0 spiro atoms. The van der Waals surface area contributed by atoms with Crippen LogP contribution in [0.1, 0.15) is 12.8 Å². The number of carbonyl (C=O) groups excluding carboxylic acids is 2. The Kier molecular flexibility index (Phi) is 4.23. The molecule has 0 saturated heterocycles. The van der Waals surface area contributed by atoms with Gasteiger partial charge < -0.3 is 9.62 Å². The van der Waals surface area contributed by atoms with Crippen molar-refractivity contribution < 1.29 is 24.5 Å². The van der Waals surface area contributed by atoms with E-state index in [1.54, 1.807) is 0 Å². The van der Waals surface area contributed by atoms with Gasteiger partial charge in [0.2, 0.25) is 0 Å². The van der Waals surface area contributed by atoms with E-state index in [1.807, 2.05) is 0 Å². The predicted molar refractivity (Wildman–Crippen MR) is 30.0 cm³/mol. The second kappa shape index (κ2) is 4.75. The van der Waals surface area contributed by atoms with Crippen molar-refractivity contribution in [2.24, 2.45) is 0 Å². The molecular formula is C5H8O5. The predicted octanol–water partition coefficient (Wildman–Crippen LogP) is -0.0442. The van der Waals surface area contributed by atoms with Crippen LogP contribution in [-0.4, -0.2) is 24.3 Å². The first-order valence-electron chi connectivity index (χ1n) is 2.61. The third-order valence-electron chi connectivity index (χ3n) is 0.863. The van der Waals surface area contributed by atoms with E-state index in [9.17, 15) is 9.59 Å². The maximum Gasteiger partial charge on any atom is 0.342 e. The molecule has 0 aromatic carbocycles. The molecule has 0 bridgehead atoms. The van der Waals surface area contributed by atoms with Gasteiger partial charge in [-0.05, 0) is 0 Å². The molecule has 0 fully saturated rings. The van der Waals surface area contributed by atoms with Gasteiger partial charge in [0.1, 0.15) is 0 Å². The molecular weight excluding hydrogens is 140 g/mol. The summed E-state index contributed by atoms with van der Waals surface area (Å²) in [7, 11) is 1.21. The summed E-state index contributed by atoms with van der Waals surface area (Å²) in [5.74, 6) is -1.35. The first-order valence-corrected chi connectivity index (χ1v) is 2.61. The second-order valence-corrected chi connectivity index (χ2v) is 1.54. The molecule has 0 atom stereocenters. The highest BCUT2D eigenvalue weighted by Gasteiger charge is 2.06. The highest BCUT2D eigenvalue weighted by atomic mass is 17.1. The third-order valence-corrected chi connectivity index (χ3v) is 0.863. The van der Waals surface area contributed by atoms with Crippen molar-refractivity contribution in [2.75, 3.05) is 7.11 Å². The molecule has 0 rings (SSSR count). The van der Waals surface area contributed by atoms with Crippen LogP contribution in [0.25, 0.3) is 0 Å². The molecule has 0 aliphatic rings. The van der Waals surface area contributed by atoms with Gasteiger partial charge in [0.15, 0.2) is 0 Å². The van der Waals surface area contributed by atoms with Crippen molar-refractivity contribution in [3.63, 3.8) is 0 Å². The fourth-order valence-corrected chi connectivity index (χ4v) is 0.352. The van der Waals surface area contributed by atoms with E-state index in [-0.39, 0.29) is 12.8 Å². The highest BCUT2D eigenvalue weighted by Crippen LogP contribution is 1.92. The van der Waals surface area contributed by atoms with Crippen molar-refractivity contribution >= 4 is 11.9 Å². The fourth-order valence-electron chi connectivity index (χ4n) is 0.352. The summed E-state index contributed by atoms with van der Waals surface area (Å²) in [6, 6.07) is 0. The van der Waals surface area contributed by atoms with Crippen LogP contribution in [0.4, 0.5) is 0 Å². The van der Waals surface area contributed by atoms with E-state index in [0.29, 0.717) is 0 Å². The van der Waals surface area contributed by atoms with Gasteiger partial charge in [-0.1, -0.05) is 0 Å². The average molecular weight is 148 g/mol. The number of hydrogen-bond acceptors (Lipinski definition) is 5. The van der Waals surface area contributed by atoms with Crippen LogP contribution in [0, 0.1) is 0 Å². The fraction of sp³-hybridized carbons (Fsp3) is 0.600. The van der Waals surface area contributed by atoms with Crippen LogP contribution < -0.4 is 0 Å². The number of hydrogen-bond donors (Lipinski definition) is 1. The molecule has 0 heterocycles. The average Bonchev–Trinajstić information content (AvgIpc) is 1.99. The van der Waals surface area contributed by atoms with Gasteiger partial charge in [-0.2, -0.15) is 5.26 Å². The lowest BCUT2D eigenvalue weighted by molar-refractivity contribution is -0.234. The molecule has 0 aromatic rings. The highest BCUT2D eigenvalue weighted by molar-refractivity contribution is 5.77. The van der Waals surface area contributed by atoms with Gasteiger partial charge in [0.25, 0.3) is 0 Å².